The zero-order valence-electron chi connectivity index (χ0n) is 14.8. The summed E-state index contributed by atoms with van der Waals surface area (Å²) < 4.78 is 12.3. The van der Waals surface area contributed by atoms with E-state index < -0.39 is 5.56 Å². The number of aromatic nitrogens is 3. The summed E-state index contributed by atoms with van der Waals surface area (Å²) in [7, 11) is 0. The van der Waals surface area contributed by atoms with Gasteiger partial charge in [0.2, 0.25) is 11.5 Å². The lowest BCUT2D eigenvalue weighted by molar-refractivity contribution is -0.116. The number of para-hydroxylation sites is 1. The van der Waals surface area contributed by atoms with Crippen molar-refractivity contribution in [3.63, 3.8) is 0 Å². The van der Waals surface area contributed by atoms with Crippen LogP contribution in [0.25, 0.3) is 33.2 Å². The normalized spacial score (nSPS) is 11.5. The lowest BCUT2D eigenvalue weighted by atomic mass is 10.2. The second-order valence-electron chi connectivity index (χ2n) is 6.42. The largest absolute Gasteiger partial charge is 0.448 e. The van der Waals surface area contributed by atoms with Crippen molar-refractivity contribution < 1.29 is 13.6 Å². The highest BCUT2D eigenvalue weighted by molar-refractivity contribution is 6.01. The van der Waals surface area contributed by atoms with Crippen molar-refractivity contribution in [2.24, 2.45) is 0 Å². The number of hydrogen-bond acceptors (Lipinski definition) is 6. The number of oxazole rings is 1. The number of rotatable bonds is 3. The maximum atomic E-state index is 12.7. The fourth-order valence-corrected chi connectivity index (χ4v) is 3.20. The molecule has 8 heteroatoms. The second-order valence-corrected chi connectivity index (χ2v) is 6.42. The summed E-state index contributed by atoms with van der Waals surface area (Å²) in [6.45, 7) is 1.57. The third-order valence-electron chi connectivity index (χ3n) is 4.44. The summed E-state index contributed by atoms with van der Waals surface area (Å²) >= 11 is 0. The fourth-order valence-electron chi connectivity index (χ4n) is 3.20. The van der Waals surface area contributed by atoms with E-state index in [0.29, 0.717) is 33.8 Å². The van der Waals surface area contributed by atoms with Crippen molar-refractivity contribution in [2.75, 3.05) is 5.32 Å². The maximum Gasteiger partial charge on any atom is 0.297 e. The van der Waals surface area contributed by atoms with Crippen LogP contribution in [0.15, 0.2) is 62.4 Å². The van der Waals surface area contributed by atoms with Crippen LogP contribution in [0.4, 0.5) is 5.69 Å². The van der Waals surface area contributed by atoms with Gasteiger partial charge in [0, 0.05) is 24.1 Å². The van der Waals surface area contributed by atoms with E-state index in [1.165, 1.54) is 10.9 Å². The highest BCUT2D eigenvalue weighted by Crippen LogP contribution is 2.24. The van der Waals surface area contributed by atoms with E-state index in [9.17, 15) is 9.59 Å². The van der Waals surface area contributed by atoms with Gasteiger partial charge in [0.05, 0.1) is 6.33 Å². The van der Waals surface area contributed by atoms with Crippen LogP contribution >= 0.6 is 0 Å². The number of anilines is 1. The van der Waals surface area contributed by atoms with Gasteiger partial charge in [-0.3, -0.25) is 14.2 Å². The first-order chi connectivity index (χ1) is 13.6. The number of amides is 1. The monoisotopic (exact) mass is 374 g/mol. The molecule has 3 aromatic heterocycles. The first-order valence-electron chi connectivity index (χ1n) is 8.62. The molecule has 5 aromatic rings. The summed E-state index contributed by atoms with van der Waals surface area (Å²) in [5.41, 5.74) is 2.65. The fraction of sp³-hybridized carbons (Fsp3) is 0.100. The SMILES string of the molecule is Cc1nc2ccc(NC(=O)Cn3cnc4c(oc5ccccc54)c3=O)cc2o1. The Morgan fingerprint density at radius 3 is 2.89 bits per heavy atom. The quantitative estimate of drug-likeness (QED) is 0.520. The van der Waals surface area contributed by atoms with Gasteiger partial charge in [0.25, 0.3) is 5.56 Å². The van der Waals surface area contributed by atoms with Crippen LogP contribution < -0.4 is 10.9 Å². The van der Waals surface area contributed by atoms with E-state index in [-0.39, 0.29) is 18.0 Å². The highest BCUT2D eigenvalue weighted by atomic mass is 16.3. The van der Waals surface area contributed by atoms with E-state index in [1.54, 1.807) is 31.2 Å². The first kappa shape index (κ1) is 16.2. The van der Waals surface area contributed by atoms with Crippen LogP contribution in [0.1, 0.15) is 5.89 Å². The molecule has 0 atom stereocenters. The molecule has 0 bridgehead atoms. The lowest BCUT2D eigenvalue weighted by Crippen LogP contribution is -2.27. The average Bonchev–Trinajstić information content (AvgIpc) is 3.23. The standard InChI is InChI=1S/C20H14N4O4/c1-11-22-14-7-6-12(8-16(14)27-11)23-17(25)9-24-10-21-18-13-4-2-3-5-15(13)28-19(18)20(24)26/h2-8,10H,9H2,1H3,(H,23,25). The van der Waals surface area contributed by atoms with E-state index in [2.05, 4.69) is 15.3 Å². The number of aryl methyl sites for hydroxylation is 1. The molecule has 0 fully saturated rings. The molecule has 1 amide bonds. The number of benzene rings is 2. The molecule has 2 aromatic carbocycles. The number of nitrogens with one attached hydrogen (secondary N) is 1. The van der Waals surface area contributed by atoms with Crippen molar-refractivity contribution in [2.45, 2.75) is 13.5 Å². The molecule has 0 aliphatic carbocycles. The molecule has 0 aliphatic rings. The molecule has 0 radical (unpaired) electrons. The smallest absolute Gasteiger partial charge is 0.297 e. The molecule has 0 saturated carbocycles. The van der Waals surface area contributed by atoms with Gasteiger partial charge in [0.1, 0.15) is 23.2 Å². The number of furan rings is 1. The molecule has 5 rings (SSSR count). The summed E-state index contributed by atoms with van der Waals surface area (Å²) in [6.07, 6.45) is 1.36. The zero-order valence-corrected chi connectivity index (χ0v) is 14.8. The molecule has 8 nitrogen and oxygen atoms in total. The number of carbonyl (C=O) groups is 1. The lowest BCUT2D eigenvalue weighted by Gasteiger charge is -2.06. The van der Waals surface area contributed by atoms with E-state index >= 15 is 0 Å². The molecule has 1 N–H and O–H groups in total. The third kappa shape index (κ3) is 2.62. The molecule has 0 spiro atoms. The first-order valence-corrected chi connectivity index (χ1v) is 8.62. The summed E-state index contributed by atoms with van der Waals surface area (Å²) in [5.74, 6) is 0.185. The van der Waals surface area contributed by atoms with Crippen molar-refractivity contribution in [1.82, 2.24) is 14.5 Å². The van der Waals surface area contributed by atoms with Gasteiger partial charge in [-0.2, -0.15) is 0 Å². The molecule has 3 heterocycles. The Bertz CT molecular complexity index is 1430. The minimum atomic E-state index is -0.405. The van der Waals surface area contributed by atoms with Crippen LogP contribution in [0, 0.1) is 6.92 Å². The minimum absolute atomic E-state index is 0.134. The molecule has 28 heavy (non-hydrogen) atoms. The number of carbonyl (C=O) groups excluding carboxylic acids is 1. The molecular formula is C20H14N4O4. The Hall–Kier alpha value is -3.94. The molecule has 138 valence electrons. The van der Waals surface area contributed by atoms with Crippen LogP contribution in [-0.4, -0.2) is 20.4 Å². The number of fused-ring (bicyclic) bond motifs is 4. The van der Waals surface area contributed by atoms with E-state index in [1.807, 2.05) is 18.2 Å². The van der Waals surface area contributed by atoms with Crippen LogP contribution in [-0.2, 0) is 11.3 Å². The number of hydrogen-bond donors (Lipinski definition) is 1. The van der Waals surface area contributed by atoms with Crippen LogP contribution in [0.5, 0.6) is 0 Å². The Labute approximate surface area is 157 Å². The Kier molecular flexibility index (Phi) is 3.51. The molecule has 0 aliphatic heterocycles. The summed E-state index contributed by atoms with van der Waals surface area (Å²) in [4.78, 5) is 33.6. The van der Waals surface area contributed by atoms with Gasteiger partial charge in [-0.1, -0.05) is 12.1 Å². The van der Waals surface area contributed by atoms with Gasteiger partial charge in [-0.05, 0) is 24.3 Å². The zero-order chi connectivity index (χ0) is 19.3. The van der Waals surface area contributed by atoms with Gasteiger partial charge < -0.3 is 14.2 Å². The van der Waals surface area contributed by atoms with Crippen molar-refractivity contribution in [3.8, 4) is 0 Å². The van der Waals surface area contributed by atoms with Crippen molar-refractivity contribution in [1.29, 1.82) is 0 Å². The van der Waals surface area contributed by atoms with E-state index in [0.717, 1.165) is 5.39 Å². The summed E-state index contributed by atoms with van der Waals surface area (Å²) in [5, 5.41) is 3.51. The summed E-state index contributed by atoms with van der Waals surface area (Å²) in [6, 6.07) is 12.5. The van der Waals surface area contributed by atoms with Gasteiger partial charge in [0.15, 0.2) is 11.5 Å². The van der Waals surface area contributed by atoms with Crippen LogP contribution in [0.2, 0.25) is 0 Å². The Balaban J connectivity index is 1.43. The molecular weight excluding hydrogens is 360 g/mol. The molecule has 0 unspecified atom stereocenters. The highest BCUT2D eigenvalue weighted by Gasteiger charge is 2.15. The van der Waals surface area contributed by atoms with Gasteiger partial charge in [-0.25, -0.2) is 9.97 Å². The van der Waals surface area contributed by atoms with Gasteiger partial charge in [-0.15, -0.1) is 0 Å². The Morgan fingerprint density at radius 2 is 2.00 bits per heavy atom. The van der Waals surface area contributed by atoms with Gasteiger partial charge >= 0.3 is 0 Å². The van der Waals surface area contributed by atoms with Crippen molar-refractivity contribution >= 4 is 44.8 Å². The predicted octanol–water partition coefficient (Wildman–Crippen LogP) is 3.23. The Morgan fingerprint density at radius 1 is 1.14 bits per heavy atom. The van der Waals surface area contributed by atoms with E-state index in [4.69, 9.17) is 8.83 Å². The predicted molar refractivity (Wildman–Crippen MR) is 103 cm³/mol. The minimum Gasteiger partial charge on any atom is -0.448 e. The average molecular weight is 374 g/mol. The maximum absolute atomic E-state index is 12.7. The number of nitrogens with zero attached hydrogens (tertiary/aromatic N) is 3. The topological polar surface area (TPSA) is 103 Å². The second kappa shape index (κ2) is 6.05. The van der Waals surface area contributed by atoms with Crippen molar-refractivity contribution in [3.05, 3.63) is 65.0 Å². The molecule has 0 saturated heterocycles. The van der Waals surface area contributed by atoms with Crippen LogP contribution in [0.3, 0.4) is 0 Å². The third-order valence-corrected chi connectivity index (χ3v) is 4.44.